The van der Waals surface area contributed by atoms with Gasteiger partial charge < -0.3 is 15.4 Å². The van der Waals surface area contributed by atoms with Gasteiger partial charge in [-0.25, -0.2) is 0 Å². The lowest BCUT2D eigenvalue weighted by molar-refractivity contribution is 0.250. The molecule has 3 N–H and O–H groups in total. The monoisotopic (exact) mass is 202 g/mol. The fraction of sp³-hybridized carbons (Fsp3) is 0.375. The van der Waals surface area contributed by atoms with Crippen LogP contribution in [0.15, 0.2) is 17.1 Å². The Balaban J connectivity index is 3.02. The quantitative estimate of drug-likeness (QED) is 0.660. The summed E-state index contributed by atoms with van der Waals surface area (Å²) in [6, 6.07) is 1.34. The average molecular weight is 203 g/mol. The van der Waals surface area contributed by atoms with E-state index in [2.05, 4.69) is 10.3 Å². The third kappa shape index (κ3) is 2.30. The summed E-state index contributed by atoms with van der Waals surface area (Å²) in [4.78, 5) is 13.4. The SMILES string of the molecule is CNC(CO)c1c[nH]c(=O)c(Cl)c1. The van der Waals surface area contributed by atoms with Crippen molar-refractivity contribution in [2.24, 2.45) is 0 Å². The van der Waals surface area contributed by atoms with Gasteiger partial charge in [-0.15, -0.1) is 0 Å². The number of halogens is 1. The summed E-state index contributed by atoms with van der Waals surface area (Å²) in [5, 5.41) is 12.0. The maximum atomic E-state index is 10.9. The first-order chi connectivity index (χ1) is 6.19. The van der Waals surface area contributed by atoms with Crippen LogP contribution in [0.3, 0.4) is 0 Å². The minimum atomic E-state index is -0.321. The number of rotatable bonds is 3. The van der Waals surface area contributed by atoms with Crippen molar-refractivity contribution in [1.82, 2.24) is 10.3 Å². The maximum Gasteiger partial charge on any atom is 0.266 e. The Kier molecular flexibility index (Phi) is 3.48. The molecule has 0 aliphatic rings. The summed E-state index contributed by atoms with van der Waals surface area (Å²) >= 11 is 5.62. The highest BCUT2D eigenvalue weighted by Gasteiger charge is 2.08. The van der Waals surface area contributed by atoms with Gasteiger partial charge in [0.2, 0.25) is 0 Å². The second-order valence-electron chi connectivity index (χ2n) is 2.63. The molecule has 0 saturated heterocycles. The molecule has 1 heterocycles. The fourth-order valence-electron chi connectivity index (χ4n) is 1.04. The molecule has 13 heavy (non-hydrogen) atoms. The molecule has 5 heteroatoms. The molecule has 4 nitrogen and oxygen atoms in total. The normalized spacial score (nSPS) is 12.8. The van der Waals surface area contributed by atoms with E-state index in [1.165, 1.54) is 12.3 Å². The van der Waals surface area contributed by atoms with Crippen molar-refractivity contribution in [3.8, 4) is 0 Å². The molecule has 72 valence electrons. The Morgan fingerprint density at radius 3 is 2.92 bits per heavy atom. The number of nitrogens with one attached hydrogen (secondary N) is 2. The molecule has 0 spiro atoms. The van der Waals surface area contributed by atoms with Crippen LogP contribution in [-0.2, 0) is 0 Å². The number of aliphatic hydroxyl groups excluding tert-OH is 1. The molecule has 1 aromatic rings. The second-order valence-corrected chi connectivity index (χ2v) is 3.04. The van der Waals surface area contributed by atoms with Crippen LogP contribution >= 0.6 is 11.6 Å². The molecule has 0 saturated carbocycles. The lowest BCUT2D eigenvalue weighted by Crippen LogP contribution is -2.21. The number of hydrogen-bond acceptors (Lipinski definition) is 3. The Labute approximate surface area is 80.6 Å². The number of aromatic amines is 1. The minimum Gasteiger partial charge on any atom is -0.394 e. The van der Waals surface area contributed by atoms with Gasteiger partial charge in [-0.1, -0.05) is 11.6 Å². The van der Waals surface area contributed by atoms with Gasteiger partial charge in [-0.3, -0.25) is 4.79 Å². The summed E-state index contributed by atoms with van der Waals surface area (Å²) in [6.07, 6.45) is 1.53. The van der Waals surface area contributed by atoms with Gasteiger partial charge in [0.05, 0.1) is 12.6 Å². The van der Waals surface area contributed by atoms with E-state index >= 15 is 0 Å². The second kappa shape index (κ2) is 4.41. The number of hydrogen-bond donors (Lipinski definition) is 3. The predicted octanol–water partition coefficient (Wildman–Crippen LogP) is 0.281. The Morgan fingerprint density at radius 2 is 2.46 bits per heavy atom. The van der Waals surface area contributed by atoms with Crippen molar-refractivity contribution < 1.29 is 5.11 Å². The van der Waals surface area contributed by atoms with E-state index in [1.54, 1.807) is 7.05 Å². The van der Waals surface area contributed by atoms with Gasteiger partial charge >= 0.3 is 0 Å². The zero-order chi connectivity index (χ0) is 9.84. The van der Waals surface area contributed by atoms with E-state index in [0.29, 0.717) is 0 Å². The van der Waals surface area contributed by atoms with Gasteiger partial charge in [-0.05, 0) is 18.7 Å². The van der Waals surface area contributed by atoms with Gasteiger partial charge in [0.1, 0.15) is 5.02 Å². The molecule has 1 rings (SSSR count). The van der Waals surface area contributed by atoms with Crippen LogP contribution in [0.2, 0.25) is 5.02 Å². The molecule has 0 aliphatic heterocycles. The lowest BCUT2D eigenvalue weighted by Gasteiger charge is -2.12. The number of pyridine rings is 1. The molecule has 1 aromatic heterocycles. The first-order valence-electron chi connectivity index (χ1n) is 3.85. The molecule has 0 aliphatic carbocycles. The molecule has 1 atom stereocenters. The number of aromatic nitrogens is 1. The smallest absolute Gasteiger partial charge is 0.266 e. The van der Waals surface area contributed by atoms with Gasteiger partial charge in [0.15, 0.2) is 0 Å². The van der Waals surface area contributed by atoms with Gasteiger partial charge in [0.25, 0.3) is 5.56 Å². The van der Waals surface area contributed by atoms with Crippen LogP contribution in [0.4, 0.5) is 0 Å². The summed E-state index contributed by atoms with van der Waals surface area (Å²) in [5.41, 5.74) is 0.438. The van der Waals surface area contributed by atoms with Gasteiger partial charge in [0, 0.05) is 6.20 Å². The van der Waals surface area contributed by atoms with E-state index in [-0.39, 0.29) is 23.2 Å². The Bertz CT molecular complexity index is 333. The first kappa shape index (κ1) is 10.2. The molecule has 0 radical (unpaired) electrons. The number of likely N-dealkylation sites (N-methyl/N-ethyl adjacent to an activating group) is 1. The number of aliphatic hydroxyl groups is 1. The largest absolute Gasteiger partial charge is 0.394 e. The van der Waals surface area contributed by atoms with Crippen molar-refractivity contribution in [3.63, 3.8) is 0 Å². The number of H-pyrrole nitrogens is 1. The highest BCUT2D eigenvalue weighted by Crippen LogP contribution is 2.12. The summed E-state index contributed by atoms with van der Waals surface area (Å²) in [6.45, 7) is -0.0428. The van der Waals surface area contributed by atoms with E-state index in [0.717, 1.165) is 5.56 Å². The topological polar surface area (TPSA) is 65.1 Å². The Hall–Kier alpha value is -0.840. The van der Waals surface area contributed by atoms with Crippen molar-refractivity contribution >= 4 is 11.6 Å². The van der Waals surface area contributed by atoms with E-state index in [1.807, 2.05) is 0 Å². The molecule has 1 unspecified atom stereocenters. The summed E-state index contributed by atoms with van der Waals surface area (Å²) in [5.74, 6) is 0. The van der Waals surface area contributed by atoms with E-state index < -0.39 is 0 Å². The zero-order valence-corrected chi connectivity index (χ0v) is 7.93. The van der Waals surface area contributed by atoms with Crippen LogP contribution in [0, 0.1) is 0 Å². The third-order valence-electron chi connectivity index (χ3n) is 1.81. The van der Waals surface area contributed by atoms with E-state index in [4.69, 9.17) is 16.7 Å². The lowest BCUT2D eigenvalue weighted by atomic mass is 10.1. The van der Waals surface area contributed by atoms with Crippen LogP contribution < -0.4 is 10.9 Å². The fourth-order valence-corrected chi connectivity index (χ4v) is 1.22. The third-order valence-corrected chi connectivity index (χ3v) is 2.09. The van der Waals surface area contributed by atoms with Crippen molar-refractivity contribution in [3.05, 3.63) is 33.2 Å². The van der Waals surface area contributed by atoms with Crippen LogP contribution in [0.25, 0.3) is 0 Å². The van der Waals surface area contributed by atoms with Crippen LogP contribution in [0.1, 0.15) is 11.6 Å². The Morgan fingerprint density at radius 1 is 1.77 bits per heavy atom. The van der Waals surface area contributed by atoms with Crippen molar-refractivity contribution in [2.75, 3.05) is 13.7 Å². The molecule has 0 amide bonds. The molecular weight excluding hydrogens is 192 g/mol. The molecule has 0 aromatic carbocycles. The standard InChI is InChI=1S/C8H11ClN2O2/c1-10-7(4-12)5-2-6(9)8(13)11-3-5/h2-3,7,10,12H,4H2,1H3,(H,11,13). The summed E-state index contributed by atoms with van der Waals surface area (Å²) in [7, 11) is 1.72. The maximum absolute atomic E-state index is 10.9. The van der Waals surface area contributed by atoms with Crippen molar-refractivity contribution in [1.29, 1.82) is 0 Å². The van der Waals surface area contributed by atoms with E-state index in [9.17, 15) is 4.79 Å². The minimum absolute atomic E-state index is 0.0428. The van der Waals surface area contributed by atoms with Crippen LogP contribution in [-0.4, -0.2) is 23.7 Å². The molecule has 0 bridgehead atoms. The summed E-state index contributed by atoms with van der Waals surface area (Å²) < 4.78 is 0. The highest BCUT2D eigenvalue weighted by molar-refractivity contribution is 6.30. The molecule has 0 fully saturated rings. The van der Waals surface area contributed by atoms with Crippen molar-refractivity contribution in [2.45, 2.75) is 6.04 Å². The first-order valence-corrected chi connectivity index (χ1v) is 4.23. The van der Waals surface area contributed by atoms with Crippen LogP contribution in [0.5, 0.6) is 0 Å². The average Bonchev–Trinajstić information content (AvgIpc) is 2.13. The highest BCUT2D eigenvalue weighted by atomic mass is 35.5. The predicted molar refractivity (Wildman–Crippen MR) is 51.0 cm³/mol. The molecular formula is C8H11ClN2O2. The zero-order valence-electron chi connectivity index (χ0n) is 7.17. The van der Waals surface area contributed by atoms with Gasteiger partial charge in [-0.2, -0.15) is 0 Å².